The predicted octanol–water partition coefficient (Wildman–Crippen LogP) is 5.07. The van der Waals surface area contributed by atoms with E-state index in [9.17, 15) is 4.79 Å². The van der Waals surface area contributed by atoms with E-state index in [1.54, 1.807) is 22.3 Å². The molecule has 1 atom stereocenters. The number of nitrogens with zero attached hydrogens (tertiary/aromatic N) is 5. The number of aromatic amines is 1. The van der Waals surface area contributed by atoms with Crippen LogP contribution in [0.2, 0.25) is 0 Å². The van der Waals surface area contributed by atoms with Gasteiger partial charge in [-0.25, -0.2) is 4.68 Å². The quantitative estimate of drug-likeness (QED) is 0.295. The second-order valence-corrected chi connectivity index (χ2v) is 9.81. The Bertz CT molecular complexity index is 1440. The third-order valence-electron chi connectivity index (χ3n) is 6.14. The molecule has 0 aliphatic rings. The molecular formula is C26H28N6O2S. The van der Waals surface area contributed by atoms with Crippen LogP contribution in [-0.4, -0.2) is 30.1 Å². The maximum absolute atomic E-state index is 13.1. The number of benzene rings is 1. The van der Waals surface area contributed by atoms with Crippen molar-refractivity contribution >= 4 is 22.2 Å². The van der Waals surface area contributed by atoms with Crippen LogP contribution < -0.4 is 5.56 Å². The summed E-state index contributed by atoms with van der Waals surface area (Å²) in [5.74, 6) is 1.56. The molecule has 0 saturated heterocycles. The van der Waals surface area contributed by atoms with Crippen molar-refractivity contribution < 1.29 is 4.42 Å². The molecule has 9 heteroatoms. The van der Waals surface area contributed by atoms with Crippen LogP contribution in [0.3, 0.4) is 0 Å². The van der Waals surface area contributed by atoms with Crippen LogP contribution in [0.5, 0.6) is 0 Å². The topological polar surface area (TPSA) is 92.8 Å². The Morgan fingerprint density at radius 1 is 1.17 bits per heavy atom. The van der Waals surface area contributed by atoms with Gasteiger partial charge < -0.3 is 9.40 Å². The second kappa shape index (κ2) is 10.4. The number of H-pyrrole nitrogens is 1. The van der Waals surface area contributed by atoms with Crippen molar-refractivity contribution in [3.63, 3.8) is 0 Å². The third kappa shape index (κ3) is 5.26. The highest BCUT2D eigenvalue weighted by molar-refractivity contribution is 7.09. The lowest BCUT2D eigenvalue weighted by Gasteiger charge is -2.30. The number of rotatable bonds is 10. The Hall–Kier alpha value is -3.56. The van der Waals surface area contributed by atoms with Gasteiger partial charge in [-0.3, -0.25) is 9.69 Å². The molecule has 8 nitrogen and oxygen atoms in total. The molecule has 180 valence electrons. The van der Waals surface area contributed by atoms with Crippen LogP contribution in [0, 0.1) is 6.92 Å². The molecule has 1 aromatic carbocycles. The molecule has 5 aromatic rings. The summed E-state index contributed by atoms with van der Waals surface area (Å²) in [5.41, 5.74) is 2.67. The highest BCUT2D eigenvalue weighted by Crippen LogP contribution is 2.29. The number of thiophene rings is 1. The molecule has 0 saturated carbocycles. The van der Waals surface area contributed by atoms with Crippen molar-refractivity contribution in [1.82, 2.24) is 30.1 Å². The van der Waals surface area contributed by atoms with Crippen molar-refractivity contribution in [2.75, 3.05) is 0 Å². The maximum Gasteiger partial charge on any atom is 0.252 e. The van der Waals surface area contributed by atoms with Crippen LogP contribution in [-0.2, 0) is 19.6 Å². The van der Waals surface area contributed by atoms with Crippen molar-refractivity contribution in [3.05, 3.63) is 98.1 Å². The van der Waals surface area contributed by atoms with Crippen molar-refractivity contribution in [3.8, 4) is 0 Å². The predicted molar refractivity (Wildman–Crippen MR) is 136 cm³/mol. The zero-order valence-corrected chi connectivity index (χ0v) is 20.7. The number of hydrogen-bond acceptors (Lipinski definition) is 7. The average Bonchev–Trinajstić information content (AvgIpc) is 3.62. The summed E-state index contributed by atoms with van der Waals surface area (Å²) in [4.78, 5) is 19.7. The molecule has 4 aromatic heterocycles. The van der Waals surface area contributed by atoms with Gasteiger partial charge in [0.1, 0.15) is 12.3 Å². The SMILES string of the molecule is CCCC(c1nnnn1Cc1ccco1)N(Cc1cccs1)Cc1cc2cc(C)ccc2[nH]c1=O. The summed E-state index contributed by atoms with van der Waals surface area (Å²) in [7, 11) is 0. The fourth-order valence-electron chi connectivity index (χ4n) is 4.45. The first-order valence-corrected chi connectivity index (χ1v) is 12.7. The van der Waals surface area contributed by atoms with E-state index in [0.29, 0.717) is 19.6 Å². The summed E-state index contributed by atoms with van der Waals surface area (Å²) >= 11 is 1.71. The summed E-state index contributed by atoms with van der Waals surface area (Å²) in [6, 6.07) is 16.0. The lowest BCUT2D eigenvalue weighted by atomic mass is 10.1. The van der Waals surface area contributed by atoms with Crippen LogP contribution in [0.1, 0.15) is 53.4 Å². The molecule has 35 heavy (non-hydrogen) atoms. The van der Waals surface area contributed by atoms with Gasteiger partial charge in [-0.05, 0) is 70.9 Å². The van der Waals surface area contributed by atoms with Gasteiger partial charge in [0.05, 0.1) is 12.3 Å². The van der Waals surface area contributed by atoms with E-state index >= 15 is 0 Å². The Labute approximate surface area is 207 Å². The molecule has 0 bridgehead atoms. The molecule has 0 aliphatic heterocycles. The van der Waals surface area contributed by atoms with E-state index in [-0.39, 0.29) is 11.6 Å². The van der Waals surface area contributed by atoms with E-state index in [1.165, 1.54) is 4.88 Å². The maximum atomic E-state index is 13.1. The number of aromatic nitrogens is 5. The van der Waals surface area contributed by atoms with Crippen LogP contribution in [0.4, 0.5) is 0 Å². The van der Waals surface area contributed by atoms with Gasteiger partial charge in [-0.1, -0.05) is 31.0 Å². The molecule has 1 N–H and O–H groups in total. The number of pyridine rings is 1. The number of aryl methyl sites for hydroxylation is 1. The van der Waals surface area contributed by atoms with Crippen LogP contribution in [0.15, 0.2) is 69.4 Å². The zero-order chi connectivity index (χ0) is 24.2. The minimum atomic E-state index is -0.0698. The van der Waals surface area contributed by atoms with Crippen molar-refractivity contribution in [1.29, 1.82) is 0 Å². The van der Waals surface area contributed by atoms with E-state index in [2.05, 4.69) is 62.8 Å². The number of hydrogen-bond donors (Lipinski definition) is 1. The highest BCUT2D eigenvalue weighted by Gasteiger charge is 2.27. The van der Waals surface area contributed by atoms with Gasteiger partial charge in [-0.2, -0.15) is 0 Å². The average molecular weight is 489 g/mol. The minimum Gasteiger partial charge on any atom is -0.467 e. The largest absolute Gasteiger partial charge is 0.467 e. The van der Waals surface area contributed by atoms with Crippen LogP contribution >= 0.6 is 11.3 Å². The van der Waals surface area contributed by atoms with Gasteiger partial charge in [0.25, 0.3) is 5.56 Å². The first-order chi connectivity index (χ1) is 17.1. The van der Waals surface area contributed by atoms with E-state index in [4.69, 9.17) is 4.42 Å². The smallest absolute Gasteiger partial charge is 0.252 e. The molecule has 0 spiro atoms. The van der Waals surface area contributed by atoms with Crippen molar-refractivity contribution in [2.45, 2.75) is 52.4 Å². The molecule has 0 fully saturated rings. The minimum absolute atomic E-state index is 0.0667. The number of nitrogens with one attached hydrogen (secondary N) is 1. The fourth-order valence-corrected chi connectivity index (χ4v) is 5.18. The molecule has 0 radical (unpaired) electrons. The molecule has 0 amide bonds. The molecule has 1 unspecified atom stereocenters. The van der Waals surface area contributed by atoms with E-state index < -0.39 is 0 Å². The summed E-state index contributed by atoms with van der Waals surface area (Å²) in [5, 5.41) is 15.8. The summed E-state index contributed by atoms with van der Waals surface area (Å²) in [6.07, 6.45) is 3.46. The van der Waals surface area contributed by atoms with Gasteiger partial charge in [0.2, 0.25) is 0 Å². The van der Waals surface area contributed by atoms with Crippen LogP contribution in [0.25, 0.3) is 10.9 Å². The Kier molecular flexibility index (Phi) is 6.87. The molecule has 4 heterocycles. The molecule has 0 aliphatic carbocycles. The Morgan fingerprint density at radius 3 is 2.86 bits per heavy atom. The number of tetrazole rings is 1. The second-order valence-electron chi connectivity index (χ2n) is 8.78. The number of furan rings is 1. The van der Waals surface area contributed by atoms with Gasteiger partial charge in [0, 0.05) is 29.0 Å². The normalized spacial score (nSPS) is 12.5. The summed E-state index contributed by atoms with van der Waals surface area (Å²) < 4.78 is 7.34. The molecule has 5 rings (SSSR count). The fraction of sp³-hybridized carbons (Fsp3) is 0.308. The monoisotopic (exact) mass is 488 g/mol. The third-order valence-corrected chi connectivity index (χ3v) is 7.00. The van der Waals surface area contributed by atoms with Crippen molar-refractivity contribution in [2.24, 2.45) is 0 Å². The van der Waals surface area contributed by atoms with E-state index in [0.717, 1.165) is 46.5 Å². The van der Waals surface area contributed by atoms with Gasteiger partial charge >= 0.3 is 0 Å². The summed E-state index contributed by atoms with van der Waals surface area (Å²) in [6.45, 7) is 5.85. The standard InChI is InChI=1S/C26H28N6O2S/c1-3-6-24(25-28-29-30-32(25)16-21-7-4-11-34-21)31(17-22-8-5-12-35-22)15-20-14-19-13-18(2)9-10-23(19)27-26(20)33/h4-5,7-14,24H,3,6,15-17H2,1-2H3,(H,27,33). The van der Waals surface area contributed by atoms with E-state index in [1.807, 2.05) is 30.3 Å². The first kappa shape index (κ1) is 23.2. The first-order valence-electron chi connectivity index (χ1n) is 11.8. The highest BCUT2D eigenvalue weighted by atomic mass is 32.1. The Balaban J connectivity index is 1.53. The molecular weight excluding hydrogens is 460 g/mol. The Morgan fingerprint density at radius 2 is 2.09 bits per heavy atom. The lowest BCUT2D eigenvalue weighted by Crippen LogP contribution is -2.32. The lowest BCUT2D eigenvalue weighted by molar-refractivity contribution is 0.157. The van der Waals surface area contributed by atoms with Gasteiger partial charge in [0.15, 0.2) is 5.82 Å². The number of fused-ring (bicyclic) bond motifs is 1. The zero-order valence-electron chi connectivity index (χ0n) is 19.8. The van der Waals surface area contributed by atoms with Gasteiger partial charge in [-0.15, -0.1) is 16.4 Å².